The molecule has 20 heavy (non-hydrogen) atoms. The molecule has 1 aromatic rings. The van der Waals surface area contributed by atoms with Crippen LogP contribution >= 0.6 is 15.9 Å². The fourth-order valence-electron chi connectivity index (χ4n) is 2.74. The standard InChI is InChI=1S/C16H23BrN2O/c1-19(11-10-12-2-6-14(17)7-3-12)16(20)13-4-8-15(18)9-5-13/h2-3,6-7,13,15H,4-5,8-11,18H2,1H3. The Bertz CT molecular complexity index is 438. The summed E-state index contributed by atoms with van der Waals surface area (Å²) >= 11 is 3.43. The van der Waals surface area contributed by atoms with Crippen LogP contribution in [0.3, 0.4) is 0 Å². The van der Waals surface area contributed by atoms with Crippen LogP contribution in [0.2, 0.25) is 0 Å². The summed E-state index contributed by atoms with van der Waals surface area (Å²) in [4.78, 5) is 14.2. The van der Waals surface area contributed by atoms with Gasteiger partial charge < -0.3 is 10.6 Å². The molecule has 1 aliphatic rings. The third-order valence-corrected chi connectivity index (χ3v) is 4.68. The Hall–Kier alpha value is -0.870. The largest absolute Gasteiger partial charge is 0.345 e. The molecule has 0 radical (unpaired) electrons. The molecule has 0 heterocycles. The Balaban J connectivity index is 1.80. The van der Waals surface area contributed by atoms with Gasteiger partial charge in [0.15, 0.2) is 0 Å². The van der Waals surface area contributed by atoms with E-state index < -0.39 is 0 Å². The van der Waals surface area contributed by atoms with Crippen LogP contribution in [0.5, 0.6) is 0 Å². The lowest BCUT2D eigenvalue weighted by Crippen LogP contribution is -2.38. The Morgan fingerprint density at radius 2 is 1.85 bits per heavy atom. The molecule has 1 saturated carbocycles. The predicted octanol–water partition coefficient (Wildman–Crippen LogP) is 2.97. The molecular weight excluding hydrogens is 316 g/mol. The molecule has 0 spiro atoms. The van der Waals surface area contributed by atoms with Crippen LogP contribution in [0.1, 0.15) is 31.2 Å². The summed E-state index contributed by atoms with van der Waals surface area (Å²) in [6, 6.07) is 8.58. The fourth-order valence-corrected chi connectivity index (χ4v) is 3.00. The van der Waals surface area contributed by atoms with Gasteiger partial charge in [0.2, 0.25) is 5.91 Å². The number of likely N-dealkylation sites (N-methyl/N-ethyl adjacent to an activating group) is 1. The smallest absolute Gasteiger partial charge is 0.225 e. The van der Waals surface area contributed by atoms with E-state index in [1.54, 1.807) is 0 Å². The number of carbonyl (C=O) groups is 1. The number of carbonyl (C=O) groups excluding carboxylic acids is 1. The van der Waals surface area contributed by atoms with Gasteiger partial charge in [-0.05, 0) is 49.8 Å². The molecule has 0 bridgehead atoms. The third kappa shape index (κ3) is 4.32. The van der Waals surface area contributed by atoms with Crippen molar-refractivity contribution >= 4 is 21.8 Å². The van der Waals surface area contributed by atoms with Crippen LogP contribution in [-0.4, -0.2) is 30.4 Å². The van der Waals surface area contributed by atoms with Crippen molar-refractivity contribution in [2.24, 2.45) is 11.7 Å². The van der Waals surface area contributed by atoms with Crippen LogP contribution in [0.25, 0.3) is 0 Å². The second-order valence-electron chi connectivity index (χ2n) is 5.75. The second kappa shape index (κ2) is 7.23. The Morgan fingerprint density at radius 1 is 1.25 bits per heavy atom. The Kier molecular flexibility index (Phi) is 5.61. The summed E-state index contributed by atoms with van der Waals surface area (Å²) < 4.78 is 1.09. The average molecular weight is 339 g/mol. The topological polar surface area (TPSA) is 46.3 Å². The summed E-state index contributed by atoms with van der Waals surface area (Å²) in [5.74, 6) is 0.471. The maximum Gasteiger partial charge on any atom is 0.225 e. The first-order valence-corrected chi connectivity index (χ1v) is 8.10. The zero-order chi connectivity index (χ0) is 14.5. The molecule has 1 amide bonds. The molecule has 1 fully saturated rings. The quantitative estimate of drug-likeness (QED) is 0.917. The molecule has 2 rings (SSSR count). The van der Waals surface area contributed by atoms with Gasteiger partial charge >= 0.3 is 0 Å². The maximum absolute atomic E-state index is 12.4. The minimum absolute atomic E-state index is 0.185. The molecule has 4 heteroatoms. The van der Waals surface area contributed by atoms with E-state index in [4.69, 9.17) is 5.73 Å². The molecule has 0 aliphatic heterocycles. The van der Waals surface area contributed by atoms with E-state index >= 15 is 0 Å². The van der Waals surface area contributed by atoms with Gasteiger partial charge in [-0.3, -0.25) is 4.79 Å². The molecule has 0 atom stereocenters. The van der Waals surface area contributed by atoms with Crippen LogP contribution < -0.4 is 5.73 Å². The van der Waals surface area contributed by atoms with E-state index in [1.165, 1.54) is 5.56 Å². The van der Waals surface area contributed by atoms with Crippen molar-refractivity contribution in [2.45, 2.75) is 38.1 Å². The first-order valence-electron chi connectivity index (χ1n) is 7.31. The van der Waals surface area contributed by atoms with Gasteiger partial charge in [0, 0.05) is 30.0 Å². The number of rotatable bonds is 4. The Morgan fingerprint density at radius 3 is 2.45 bits per heavy atom. The number of nitrogens with zero attached hydrogens (tertiary/aromatic N) is 1. The summed E-state index contributed by atoms with van der Waals surface area (Å²) in [7, 11) is 1.91. The number of hydrogen-bond acceptors (Lipinski definition) is 2. The molecule has 2 N–H and O–H groups in total. The number of halogens is 1. The van der Waals surface area contributed by atoms with Gasteiger partial charge in [-0.1, -0.05) is 28.1 Å². The lowest BCUT2D eigenvalue weighted by atomic mass is 9.85. The van der Waals surface area contributed by atoms with Crippen molar-refractivity contribution in [1.29, 1.82) is 0 Å². The average Bonchev–Trinajstić information content (AvgIpc) is 2.46. The number of benzene rings is 1. The van der Waals surface area contributed by atoms with Crippen molar-refractivity contribution in [2.75, 3.05) is 13.6 Å². The van der Waals surface area contributed by atoms with Crippen molar-refractivity contribution in [3.8, 4) is 0 Å². The monoisotopic (exact) mass is 338 g/mol. The van der Waals surface area contributed by atoms with Gasteiger partial charge in [0.25, 0.3) is 0 Å². The summed E-state index contributed by atoms with van der Waals surface area (Å²) in [5, 5.41) is 0. The molecule has 0 aromatic heterocycles. The van der Waals surface area contributed by atoms with E-state index in [-0.39, 0.29) is 11.8 Å². The summed E-state index contributed by atoms with van der Waals surface area (Å²) in [5.41, 5.74) is 7.15. The predicted molar refractivity (Wildman–Crippen MR) is 85.4 cm³/mol. The van der Waals surface area contributed by atoms with Crippen LogP contribution in [0, 0.1) is 5.92 Å². The number of amides is 1. The molecule has 0 unspecified atom stereocenters. The first kappa shape index (κ1) is 15.5. The van der Waals surface area contributed by atoms with Crippen molar-refractivity contribution in [3.05, 3.63) is 34.3 Å². The van der Waals surface area contributed by atoms with Gasteiger partial charge in [-0.25, -0.2) is 0 Å². The normalized spacial score (nSPS) is 22.6. The third-order valence-electron chi connectivity index (χ3n) is 4.15. The lowest BCUT2D eigenvalue weighted by Gasteiger charge is -2.29. The van der Waals surface area contributed by atoms with Crippen LogP contribution in [0.15, 0.2) is 28.7 Å². The molecule has 1 aliphatic carbocycles. The number of hydrogen-bond donors (Lipinski definition) is 1. The van der Waals surface area contributed by atoms with Gasteiger partial charge in [0.1, 0.15) is 0 Å². The summed E-state index contributed by atoms with van der Waals surface area (Å²) in [6.07, 6.45) is 4.76. The summed E-state index contributed by atoms with van der Waals surface area (Å²) in [6.45, 7) is 0.781. The van der Waals surface area contributed by atoms with Crippen LogP contribution in [0.4, 0.5) is 0 Å². The highest BCUT2D eigenvalue weighted by Crippen LogP contribution is 2.24. The number of nitrogens with two attached hydrogens (primary N) is 1. The Labute approximate surface area is 129 Å². The van der Waals surface area contributed by atoms with E-state index in [2.05, 4.69) is 28.1 Å². The maximum atomic E-state index is 12.4. The lowest BCUT2D eigenvalue weighted by molar-refractivity contribution is -0.135. The van der Waals surface area contributed by atoms with E-state index in [0.717, 1.165) is 43.1 Å². The SMILES string of the molecule is CN(CCc1ccc(Br)cc1)C(=O)C1CCC(N)CC1. The van der Waals surface area contributed by atoms with Crippen molar-refractivity contribution < 1.29 is 4.79 Å². The zero-order valence-corrected chi connectivity index (χ0v) is 13.6. The minimum atomic E-state index is 0.185. The van der Waals surface area contributed by atoms with Gasteiger partial charge in [-0.2, -0.15) is 0 Å². The highest BCUT2D eigenvalue weighted by Gasteiger charge is 2.26. The zero-order valence-electron chi connectivity index (χ0n) is 12.0. The molecule has 0 saturated heterocycles. The highest BCUT2D eigenvalue weighted by atomic mass is 79.9. The van der Waals surface area contributed by atoms with E-state index in [1.807, 2.05) is 24.1 Å². The van der Waals surface area contributed by atoms with E-state index in [9.17, 15) is 4.79 Å². The molecule has 3 nitrogen and oxygen atoms in total. The van der Waals surface area contributed by atoms with Crippen molar-refractivity contribution in [3.63, 3.8) is 0 Å². The van der Waals surface area contributed by atoms with E-state index in [0.29, 0.717) is 6.04 Å². The minimum Gasteiger partial charge on any atom is -0.345 e. The van der Waals surface area contributed by atoms with Crippen molar-refractivity contribution in [1.82, 2.24) is 4.90 Å². The highest BCUT2D eigenvalue weighted by molar-refractivity contribution is 9.10. The first-order chi connectivity index (χ1) is 9.56. The molecular formula is C16H23BrN2O. The molecule has 110 valence electrons. The van der Waals surface area contributed by atoms with Gasteiger partial charge in [0.05, 0.1) is 0 Å². The van der Waals surface area contributed by atoms with Crippen LogP contribution in [-0.2, 0) is 11.2 Å². The molecule has 1 aromatic carbocycles. The van der Waals surface area contributed by atoms with Gasteiger partial charge in [-0.15, -0.1) is 0 Å². The fraction of sp³-hybridized carbons (Fsp3) is 0.562. The second-order valence-corrected chi connectivity index (χ2v) is 6.66.